The second kappa shape index (κ2) is 9.76. The van der Waals surface area contributed by atoms with Crippen LogP contribution in [0.1, 0.15) is 11.3 Å². The van der Waals surface area contributed by atoms with E-state index in [0.29, 0.717) is 31.3 Å². The smallest absolute Gasteiger partial charge is 0.270 e. The van der Waals surface area contributed by atoms with Crippen LogP contribution in [-0.4, -0.2) is 41.3 Å². The first-order chi connectivity index (χ1) is 15.1. The molecule has 3 heterocycles. The van der Waals surface area contributed by atoms with Crippen LogP contribution in [-0.2, 0) is 11.3 Å². The molecule has 31 heavy (non-hydrogen) atoms. The van der Waals surface area contributed by atoms with Crippen molar-refractivity contribution in [3.8, 4) is 0 Å². The number of aryl methyl sites for hydroxylation is 1. The van der Waals surface area contributed by atoms with Gasteiger partial charge in [-0.1, -0.05) is 23.7 Å². The van der Waals surface area contributed by atoms with Gasteiger partial charge < -0.3 is 15.0 Å². The van der Waals surface area contributed by atoms with E-state index in [1.165, 1.54) is 0 Å². The van der Waals surface area contributed by atoms with E-state index in [0.717, 1.165) is 28.8 Å². The van der Waals surface area contributed by atoms with Crippen molar-refractivity contribution in [2.45, 2.75) is 13.5 Å². The minimum absolute atomic E-state index is 0.107. The number of hydrogen-bond donors (Lipinski definition) is 1. The lowest BCUT2D eigenvalue weighted by molar-refractivity contribution is 0.122. The Labute approximate surface area is 184 Å². The van der Waals surface area contributed by atoms with Gasteiger partial charge in [-0.2, -0.15) is 10.1 Å². The predicted octanol–water partition coefficient (Wildman–Crippen LogP) is 4.84. The number of ether oxygens (including phenoxy) is 1. The van der Waals surface area contributed by atoms with Crippen molar-refractivity contribution >= 4 is 34.7 Å². The number of para-hydroxylation sites is 1. The van der Waals surface area contributed by atoms with Gasteiger partial charge in [0.15, 0.2) is 11.6 Å². The first kappa shape index (κ1) is 21.1. The van der Waals surface area contributed by atoms with Crippen molar-refractivity contribution in [1.29, 1.82) is 0 Å². The predicted molar refractivity (Wildman–Crippen MR) is 117 cm³/mol. The van der Waals surface area contributed by atoms with Crippen LogP contribution >= 0.6 is 11.6 Å². The fraction of sp³-hybridized carbons (Fsp3) is 0.286. The summed E-state index contributed by atoms with van der Waals surface area (Å²) in [4.78, 5) is 14.3. The van der Waals surface area contributed by atoms with E-state index in [2.05, 4.69) is 30.5 Å². The Hall–Kier alpha value is -3.17. The average molecular weight is 442 g/mol. The number of nitrogens with zero attached hydrogens (tertiary/aromatic N) is 6. The molecule has 0 spiro atoms. The van der Waals surface area contributed by atoms with Crippen LogP contribution in [0.4, 0.5) is 27.5 Å². The lowest BCUT2D eigenvalue weighted by Crippen LogP contribution is -2.37. The summed E-state index contributed by atoms with van der Waals surface area (Å²) in [6, 6.07) is 9.47. The molecule has 4 rings (SSSR count). The molecule has 0 saturated carbocycles. The summed E-state index contributed by atoms with van der Waals surface area (Å²) in [5.41, 5.74) is 3.43. The molecule has 1 aliphatic rings. The van der Waals surface area contributed by atoms with Gasteiger partial charge in [-0.15, -0.1) is 5.11 Å². The van der Waals surface area contributed by atoms with E-state index < -0.39 is 5.82 Å². The highest BCUT2D eigenvalue weighted by Crippen LogP contribution is 2.28. The van der Waals surface area contributed by atoms with E-state index in [-0.39, 0.29) is 18.3 Å². The molecule has 3 aromatic rings. The topological polar surface area (TPSA) is 87.9 Å². The van der Waals surface area contributed by atoms with Crippen LogP contribution in [0.15, 0.2) is 53.0 Å². The third-order valence-corrected chi connectivity index (χ3v) is 5.05. The number of benzene rings is 1. The number of halogens is 2. The molecule has 1 N–H and O–H groups in total. The zero-order chi connectivity index (χ0) is 21.6. The second-order valence-corrected chi connectivity index (χ2v) is 7.34. The molecule has 2 aromatic heterocycles. The third-order valence-electron chi connectivity index (χ3n) is 4.73. The maximum Gasteiger partial charge on any atom is 0.270 e. The highest BCUT2D eigenvalue weighted by molar-refractivity contribution is 6.33. The van der Waals surface area contributed by atoms with Gasteiger partial charge >= 0.3 is 0 Å². The van der Waals surface area contributed by atoms with Gasteiger partial charge in [-0.25, -0.2) is 9.37 Å². The molecular weight excluding hydrogens is 421 g/mol. The van der Waals surface area contributed by atoms with Gasteiger partial charge in [0.2, 0.25) is 0 Å². The summed E-state index contributed by atoms with van der Waals surface area (Å²) in [7, 11) is 0. The number of anilines is 3. The van der Waals surface area contributed by atoms with Crippen molar-refractivity contribution in [3.05, 3.63) is 64.8 Å². The number of hydrogen-bond acceptors (Lipinski definition) is 8. The molecule has 0 atom stereocenters. The molecule has 10 heteroatoms. The molecule has 0 unspecified atom stereocenters. The number of rotatable bonds is 6. The van der Waals surface area contributed by atoms with E-state index in [1.54, 1.807) is 6.20 Å². The molecule has 8 nitrogen and oxygen atoms in total. The van der Waals surface area contributed by atoms with Crippen molar-refractivity contribution < 1.29 is 9.13 Å². The largest absolute Gasteiger partial charge is 0.378 e. The van der Waals surface area contributed by atoms with Crippen LogP contribution in [0, 0.1) is 12.7 Å². The molecule has 1 fully saturated rings. The van der Waals surface area contributed by atoms with E-state index >= 15 is 0 Å². The quantitative estimate of drug-likeness (QED) is 0.551. The lowest BCUT2D eigenvalue weighted by atomic mass is 10.2. The second-order valence-electron chi connectivity index (χ2n) is 6.94. The van der Waals surface area contributed by atoms with Crippen LogP contribution in [0.5, 0.6) is 0 Å². The Bertz CT molecular complexity index is 1050. The molecule has 160 valence electrons. The fourth-order valence-corrected chi connectivity index (χ4v) is 3.36. The molecule has 0 aliphatic carbocycles. The number of nitrogens with one attached hydrogen (secondary N) is 1. The number of aromatic nitrogens is 3. The Morgan fingerprint density at radius 2 is 2.00 bits per heavy atom. The van der Waals surface area contributed by atoms with Gasteiger partial charge in [0.25, 0.3) is 5.95 Å². The number of pyridine rings is 1. The lowest BCUT2D eigenvalue weighted by Gasteiger charge is -2.27. The summed E-state index contributed by atoms with van der Waals surface area (Å²) in [6.07, 6.45) is 2.82. The summed E-state index contributed by atoms with van der Waals surface area (Å²) < 4.78 is 19.4. The van der Waals surface area contributed by atoms with Crippen molar-refractivity contribution in [3.63, 3.8) is 0 Å². The summed E-state index contributed by atoms with van der Waals surface area (Å²) >= 11 is 6.25. The van der Waals surface area contributed by atoms with Gasteiger partial charge in [0.05, 0.1) is 47.7 Å². The molecule has 0 radical (unpaired) electrons. The molecule has 1 saturated heterocycles. The van der Waals surface area contributed by atoms with Crippen LogP contribution in [0.3, 0.4) is 0 Å². The highest BCUT2D eigenvalue weighted by Gasteiger charge is 2.17. The molecule has 0 amide bonds. The first-order valence-corrected chi connectivity index (χ1v) is 10.2. The number of azo groups is 1. The zero-order valence-electron chi connectivity index (χ0n) is 16.9. The fourth-order valence-electron chi connectivity index (χ4n) is 3.09. The van der Waals surface area contributed by atoms with Gasteiger partial charge in [-0.05, 0) is 30.7 Å². The third kappa shape index (κ3) is 5.31. The standard InChI is InChI=1S/C21H21ClFN7O/c1-14-3-2-4-17(22)19(14)27-16-6-5-15(24-11-16)12-26-29-21-25-13-18(23)20(28-21)30-7-9-31-10-8-30/h2-6,11,13,27H,7-10,12H2,1H3. The van der Waals surface area contributed by atoms with Crippen LogP contribution in [0.25, 0.3) is 0 Å². The Morgan fingerprint density at radius 3 is 2.74 bits per heavy atom. The van der Waals surface area contributed by atoms with Crippen LogP contribution in [0.2, 0.25) is 5.02 Å². The monoisotopic (exact) mass is 441 g/mol. The zero-order valence-corrected chi connectivity index (χ0v) is 17.7. The van der Waals surface area contributed by atoms with Gasteiger partial charge in [0.1, 0.15) is 6.54 Å². The summed E-state index contributed by atoms with van der Waals surface area (Å²) in [6.45, 7) is 4.45. The first-order valence-electron chi connectivity index (χ1n) is 9.80. The van der Waals surface area contributed by atoms with Crippen molar-refractivity contribution in [2.75, 3.05) is 36.5 Å². The molecular formula is C21H21ClFN7O. The van der Waals surface area contributed by atoms with Gasteiger partial charge in [-0.3, -0.25) is 4.98 Å². The molecule has 1 aliphatic heterocycles. The maximum atomic E-state index is 14.1. The average Bonchev–Trinajstić information content (AvgIpc) is 2.79. The number of morpholine rings is 1. The van der Waals surface area contributed by atoms with E-state index in [1.807, 2.05) is 42.2 Å². The summed E-state index contributed by atoms with van der Waals surface area (Å²) in [5.74, 6) is -0.162. The van der Waals surface area contributed by atoms with Crippen LogP contribution < -0.4 is 10.2 Å². The Morgan fingerprint density at radius 1 is 1.16 bits per heavy atom. The highest BCUT2D eigenvalue weighted by atomic mass is 35.5. The van der Waals surface area contributed by atoms with E-state index in [4.69, 9.17) is 16.3 Å². The SMILES string of the molecule is Cc1cccc(Cl)c1Nc1ccc(CN=Nc2ncc(F)c(N3CCOCC3)n2)nc1. The minimum Gasteiger partial charge on any atom is -0.378 e. The van der Waals surface area contributed by atoms with Gasteiger partial charge in [0, 0.05) is 13.1 Å². The Kier molecular flexibility index (Phi) is 6.63. The van der Waals surface area contributed by atoms with Crippen molar-refractivity contribution in [2.24, 2.45) is 10.2 Å². The maximum absolute atomic E-state index is 14.1. The Balaban J connectivity index is 1.39. The molecule has 0 bridgehead atoms. The van der Waals surface area contributed by atoms with E-state index in [9.17, 15) is 4.39 Å². The minimum atomic E-state index is -0.487. The normalized spacial score (nSPS) is 14.2. The summed E-state index contributed by atoms with van der Waals surface area (Å²) in [5, 5.41) is 12.0. The molecule has 1 aromatic carbocycles. The van der Waals surface area contributed by atoms with Crippen molar-refractivity contribution in [1.82, 2.24) is 15.0 Å².